The van der Waals surface area contributed by atoms with Gasteiger partial charge < -0.3 is 4.90 Å². The highest BCUT2D eigenvalue weighted by atomic mass is 32.2. The van der Waals surface area contributed by atoms with E-state index < -0.39 is 10.0 Å². The van der Waals surface area contributed by atoms with Gasteiger partial charge in [-0.2, -0.15) is 4.31 Å². The Kier molecular flexibility index (Phi) is 2.41. The summed E-state index contributed by atoms with van der Waals surface area (Å²) in [4.78, 5) is 2.70. The summed E-state index contributed by atoms with van der Waals surface area (Å²) in [6.07, 6.45) is 2.22. The molecule has 2 heterocycles. The smallest absolute Gasteiger partial charge is 0.244 e. The van der Waals surface area contributed by atoms with Gasteiger partial charge in [0.1, 0.15) is 4.90 Å². The van der Waals surface area contributed by atoms with Crippen molar-refractivity contribution < 1.29 is 8.42 Å². The predicted octanol–water partition coefficient (Wildman–Crippen LogP) is 1.29. The van der Waals surface area contributed by atoms with E-state index in [1.807, 2.05) is 12.1 Å². The Morgan fingerprint density at radius 2 is 2.06 bits per heavy atom. The maximum Gasteiger partial charge on any atom is 0.244 e. The zero-order chi connectivity index (χ0) is 12.0. The molecule has 0 unspecified atom stereocenters. The molecule has 0 spiro atoms. The summed E-state index contributed by atoms with van der Waals surface area (Å²) in [7, 11) is -1.63. The van der Waals surface area contributed by atoms with E-state index >= 15 is 0 Å². The van der Waals surface area contributed by atoms with Crippen molar-refractivity contribution in [2.45, 2.75) is 23.8 Å². The maximum absolute atomic E-state index is 12.4. The molecule has 0 amide bonds. The number of nitrogens with zero attached hydrogens (tertiary/aromatic N) is 2. The van der Waals surface area contributed by atoms with Gasteiger partial charge in [0.25, 0.3) is 0 Å². The highest BCUT2D eigenvalue weighted by molar-refractivity contribution is 7.89. The first-order valence-corrected chi connectivity index (χ1v) is 7.37. The van der Waals surface area contributed by atoms with E-state index in [4.69, 9.17) is 0 Å². The molecule has 1 saturated heterocycles. The van der Waals surface area contributed by atoms with Crippen molar-refractivity contribution in [1.29, 1.82) is 0 Å². The van der Waals surface area contributed by atoms with E-state index in [2.05, 4.69) is 4.90 Å². The van der Waals surface area contributed by atoms with E-state index in [-0.39, 0.29) is 0 Å². The molecule has 5 heteroatoms. The van der Waals surface area contributed by atoms with Crippen LogP contribution in [-0.4, -0.2) is 38.9 Å². The van der Waals surface area contributed by atoms with Gasteiger partial charge in [0.15, 0.2) is 0 Å². The van der Waals surface area contributed by atoms with Gasteiger partial charge in [0.2, 0.25) is 10.0 Å². The van der Waals surface area contributed by atoms with E-state index in [1.54, 1.807) is 19.2 Å². The zero-order valence-corrected chi connectivity index (χ0v) is 10.7. The van der Waals surface area contributed by atoms with Gasteiger partial charge in [-0.1, -0.05) is 12.1 Å². The van der Waals surface area contributed by atoms with Crippen molar-refractivity contribution in [2.75, 3.05) is 25.0 Å². The van der Waals surface area contributed by atoms with Gasteiger partial charge in [-0.15, -0.1) is 0 Å². The lowest BCUT2D eigenvalue weighted by Gasteiger charge is -2.25. The third-order valence-electron chi connectivity index (χ3n) is 3.71. The Labute approximate surface area is 102 Å². The van der Waals surface area contributed by atoms with Gasteiger partial charge in [0, 0.05) is 26.2 Å². The Morgan fingerprint density at radius 3 is 2.88 bits per heavy atom. The number of para-hydroxylation sites is 1. The minimum absolute atomic E-state index is 0.332. The van der Waals surface area contributed by atoms with Crippen molar-refractivity contribution in [1.82, 2.24) is 4.31 Å². The molecule has 0 N–H and O–H groups in total. The molecule has 1 aromatic carbocycles. The molecule has 0 aliphatic carbocycles. The van der Waals surface area contributed by atoms with Gasteiger partial charge >= 0.3 is 0 Å². The van der Waals surface area contributed by atoms with Crippen molar-refractivity contribution in [3.05, 3.63) is 24.3 Å². The van der Waals surface area contributed by atoms with Gasteiger partial charge in [-0.25, -0.2) is 8.42 Å². The molecule has 4 nitrogen and oxygen atoms in total. The van der Waals surface area contributed by atoms with E-state index in [0.717, 1.165) is 25.1 Å². The number of hydrogen-bond acceptors (Lipinski definition) is 3. The van der Waals surface area contributed by atoms with Gasteiger partial charge in [0.05, 0.1) is 5.69 Å². The normalized spacial score (nSPS) is 27.4. The first-order chi connectivity index (χ1) is 8.10. The first kappa shape index (κ1) is 11.0. The topological polar surface area (TPSA) is 40.6 Å². The molecule has 92 valence electrons. The molecule has 2 aliphatic rings. The van der Waals surface area contributed by atoms with Crippen LogP contribution < -0.4 is 4.90 Å². The molecule has 0 saturated carbocycles. The fourth-order valence-corrected chi connectivity index (χ4v) is 4.22. The second-order valence-electron chi connectivity index (χ2n) is 4.74. The second kappa shape index (κ2) is 3.71. The first-order valence-electron chi connectivity index (χ1n) is 5.93. The van der Waals surface area contributed by atoms with Crippen molar-refractivity contribution in [2.24, 2.45) is 0 Å². The molecule has 0 aromatic heterocycles. The Balaban J connectivity index is 2.23. The highest BCUT2D eigenvalue weighted by Crippen LogP contribution is 2.35. The Bertz CT molecular complexity index is 541. The standard InChI is InChI=1S/C12H16N2O2S/c1-13-9-10-5-4-8-14(10)11-6-2-3-7-12(11)17(13,15)16/h2-3,6-7,10H,4-5,8-9H2,1H3/t10-/m0/s1. The van der Waals surface area contributed by atoms with Crippen LogP contribution in [0.4, 0.5) is 5.69 Å². The van der Waals surface area contributed by atoms with Crippen molar-refractivity contribution in [3.8, 4) is 0 Å². The van der Waals surface area contributed by atoms with Gasteiger partial charge in [-0.3, -0.25) is 0 Å². The number of sulfonamides is 1. The third kappa shape index (κ3) is 1.57. The molecule has 2 aliphatic heterocycles. The summed E-state index contributed by atoms with van der Waals surface area (Å²) in [6, 6.07) is 7.67. The highest BCUT2D eigenvalue weighted by Gasteiger charge is 2.37. The number of anilines is 1. The van der Waals surface area contributed by atoms with E-state index in [1.165, 1.54) is 4.31 Å². The largest absolute Gasteiger partial charge is 0.366 e. The summed E-state index contributed by atoms with van der Waals surface area (Å²) >= 11 is 0. The minimum Gasteiger partial charge on any atom is -0.366 e. The van der Waals surface area contributed by atoms with Crippen LogP contribution in [0.3, 0.4) is 0 Å². The number of rotatable bonds is 0. The second-order valence-corrected chi connectivity index (χ2v) is 6.76. The summed E-state index contributed by atoms with van der Waals surface area (Å²) in [5.41, 5.74) is 0.874. The fraction of sp³-hybridized carbons (Fsp3) is 0.500. The lowest BCUT2D eigenvalue weighted by atomic mass is 10.2. The SMILES string of the molecule is CN1C[C@@H]2CCCN2c2ccccc2S1(=O)=O. The van der Waals surface area contributed by atoms with Crippen LogP contribution in [0.1, 0.15) is 12.8 Å². The van der Waals surface area contributed by atoms with Crippen LogP contribution in [0, 0.1) is 0 Å². The lowest BCUT2D eigenvalue weighted by Crippen LogP contribution is -2.37. The summed E-state index contributed by atoms with van der Waals surface area (Å²) in [5.74, 6) is 0. The van der Waals surface area contributed by atoms with Gasteiger partial charge in [-0.05, 0) is 25.0 Å². The molecule has 1 atom stereocenters. The summed E-state index contributed by atoms with van der Waals surface area (Å²) < 4.78 is 26.2. The molecule has 3 rings (SSSR count). The lowest BCUT2D eigenvalue weighted by molar-refractivity contribution is 0.442. The van der Waals surface area contributed by atoms with Crippen molar-refractivity contribution >= 4 is 15.7 Å². The maximum atomic E-state index is 12.4. The molecule has 0 radical (unpaired) electrons. The number of likely N-dealkylation sites (N-methyl/N-ethyl adjacent to an activating group) is 1. The molecule has 1 aromatic rings. The molecule has 17 heavy (non-hydrogen) atoms. The van der Waals surface area contributed by atoms with E-state index in [0.29, 0.717) is 17.5 Å². The zero-order valence-electron chi connectivity index (χ0n) is 9.83. The van der Waals surface area contributed by atoms with Crippen LogP contribution in [-0.2, 0) is 10.0 Å². The monoisotopic (exact) mass is 252 g/mol. The van der Waals surface area contributed by atoms with Crippen LogP contribution in [0.5, 0.6) is 0 Å². The number of fused-ring (bicyclic) bond motifs is 3. The van der Waals surface area contributed by atoms with E-state index in [9.17, 15) is 8.42 Å². The quantitative estimate of drug-likeness (QED) is 0.698. The average Bonchev–Trinajstić information content (AvgIpc) is 2.74. The fourth-order valence-electron chi connectivity index (χ4n) is 2.82. The molecular formula is C12H16N2O2S. The molecule has 0 bridgehead atoms. The third-order valence-corrected chi connectivity index (χ3v) is 5.58. The minimum atomic E-state index is -3.31. The average molecular weight is 252 g/mol. The van der Waals surface area contributed by atoms with Crippen LogP contribution in [0.15, 0.2) is 29.2 Å². The van der Waals surface area contributed by atoms with Crippen molar-refractivity contribution in [3.63, 3.8) is 0 Å². The summed E-state index contributed by atoms with van der Waals surface area (Å²) in [5, 5.41) is 0. The number of benzene rings is 1. The Morgan fingerprint density at radius 1 is 1.29 bits per heavy atom. The summed E-state index contributed by atoms with van der Waals surface area (Å²) in [6.45, 7) is 1.56. The van der Waals surface area contributed by atoms with Crippen LogP contribution >= 0.6 is 0 Å². The Hall–Kier alpha value is -1.07. The molecule has 1 fully saturated rings. The number of hydrogen-bond donors (Lipinski definition) is 0. The van der Waals surface area contributed by atoms with Crippen LogP contribution in [0.25, 0.3) is 0 Å². The molecular weight excluding hydrogens is 236 g/mol. The van der Waals surface area contributed by atoms with Crippen LogP contribution in [0.2, 0.25) is 0 Å². The predicted molar refractivity (Wildman–Crippen MR) is 66.6 cm³/mol.